The molecule has 1 aromatic heterocycles. The first-order chi connectivity index (χ1) is 18.8. The molecular formula is C32H48ClF2N3OS. The number of carbonyl (C=O) groups excluding carboxylic acids is 1. The molecule has 1 amide bonds. The predicted molar refractivity (Wildman–Crippen MR) is 170 cm³/mol. The second-order valence-electron chi connectivity index (χ2n) is 9.26. The van der Waals surface area contributed by atoms with Crippen LogP contribution in [0.3, 0.4) is 0 Å². The summed E-state index contributed by atoms with van der Waals surface area (Å²) in [7, 11) is 2.14. The normalized spacial score (nSPS) is 10.1. The van der Waals surface area contributed by atoms with Crippen LogP contribution in [-0.2, 0) is 19.5 Å². The van der Waals surface area contributed by atoms with Crippen molar-refractivity contribution < 1.29 is 13.6 Å². The van der Waals surface area contributed by atoms with Gasteiger partial charge in [-0.05, 0) is 87.3 Å². The monoisotopic (exact) mass is 595 g/mol. The number of hydrogen-bond donors (Lipinski definition) is 2. The van der Waals surface area contributed by atoms with Gasteiger partial charge in [0.1, 0.15) is 11.6 Å². The number of halogens is 3. The van der Waals surface area contributed by atoms with Gasteiger partial charge in [0.25, 0.3) is 5.91 Å². The lowest BCUT2D eigenvalue weighted by molar-refractivity contribution is 0.0957. The van der Waals surface area contributed by atoms with Crippen molar-refractivity contribution in [3.63, 3.8) is 0 Å². The molecule has 3 aromatic rings. The zero-order chi connectivity index (χ0) is 29.0. The third-order valence-electron chi connectivity index (χ3n) is 5.76. The van der Waals surface area contributed by atoms with E-state index >= 15 is 0 Å². The number of unbranched alkanes of at least 4 members (excludes halogenated alkanes) is 1. The molecule has 2 aromatic carbocycles. The molecule has 0 atom stereocenters. The summed E-state index contributed by atoms with van der Waals surface area (Å²) in [4.78, 5) is 16.7. The zero-order valence-corrected chi connectivity index (χ0v) is 26.6. The van der Waals surface area contributed by atoms with Gasteiger partial charge in [0.15, 0.2) is 0 Å². The number of aryl methyl sites for hydroxylation is 2. The first kappa shape index (κ1) is 37.7. The molecule has 0 aliphatic carbocycles. The molecule has 40 heavy (non-hydrogen) atoms. The second kappa shape index (κ2) is 22.4. The Morgan fingerprint density at radius 2 is 1.60 bits per heavy atom. The highest BCUT2D eigenvalue weighted by Gasteiger charge is 2.10. The highest BCUT2D eigenvalue weighted by Crippen LogP contribution is 2.18. The fraction of sp³-hybridized carbons (Fsp3) is 0.469. The van der Waals surface area contributed by atoms with E-state index in [-0.39, 0.29) is 18.3 Å². The first-order valence-corrected chi connectivity index (χ1v) is 14.9. The van der Waals surface area contributed by atoms with Crippen LogP contribution in [0.5, 0.6) is 0 Å². The van der Waals surface area contributed by atoms with E-state index < -0.39 is 11.6 Å². The average Bonchev–Trinajstić information content (AvgIpc) is 3.38. The molecule has 4 nitrogen and oxygen atoms in total. The van der Waals surface area contributed by atoms with Crippen molar-refractivity contribution in [2.75, 3.05) is 26.7 Å². The van der Waals surface area contributed by atoms with Crippen molar-refractivity contribution in [2.24, 2.45) is 0 Å². The fourth-order valence-corrected chi connectivity index (χ4v) is 4.75. The molecule has 0 radical (unpaired) electrons. The quantitative estimate of drug-likeness (QED) is 0.196. The molecule has 0 aliphatic rings. The van der Waals surface area contributed by atoms with Gasteiger partial charge >= 0.3 is 0 Å². The van der Waals surface area contributed by atoms with Gasteiger partial charge in [-0.1, -0.05) is 58.4 Å². The lowest BCUT2D eigenvalue weighted by atomic mass is 10.1. The minimum atomic E-state index is -0.521. The molecule has 0 aliphatic heterocycles. The molecule has 0 spiro atoms. The number of carbonyl (C=O) groups is 1. The summed E-state index contributed by atoms with van der Waals surface area (Å²) < 4.78 is 24.4. The maximum atomic E-state index is 12.3. The van der Waals surface area contributed by atoms with Gasteiger partial charge in [-0.3, -0.25) is 4.79 Å². The Morgan fingerprint density at radius 3 is 2.23 bits per heavy atom. The third kappa shape index (κ3) is 16.1. The van der Waals surface area contributed by atoms with E-state index in [1.165, 1.54) is 41.0 Å². The van der Waals surface area contributed by atoms with Gasteiger partial charge in [0.05, 0.1) is 4.88 Å². The molecule has 0 saturated heterocycles. The van der Waals surface area contributed by atoms with E-state index in [4.69, 9.17) is 0 Å². The summed E-state index contributed by atoms with van der Waals surface area (Å²) in [5.41, 5.74) is 3.30. The van der Waals surface area contributed by atoms with Crippen LogP contribution in [0.2, 0.25) is 0 Å². The molecule has 0 saturated carbocycles. The minimum Gasteiger partial charge on any atom is -0.351 e. The van der Waals surface area contributed by atoms with Crippen LogP contribution < -0.4 is 10.6 Å². The van der Waals surface area contributed by atoms with Gasteiger partial charge in [-0.25, -0.2) is 8.78 Å². The van der Waals surface area contributed by atoms with Crippen molar-refractivity contribution in [1.29, 1.82) is 0 Å². The summed E-state index contributed by atoms with van der Waals surface area (Å²) in [6.45, 7) is 14.5. The van der Waals surface area contributed by atoms with Gasteiger partial charge in [-0.15, -0.1) is 23.7 Å². The Morgan fingerprint density at radius 1 is 0.925 bits per heavy atom. The van der Waals surface area contributed by atoms with E-state index in [9.17, 15) is 13.6 Å². The molecule has 2 N–H and O–H groups in total. The van der Waals surface area contributed by atoms with Gasteiger partial charge in [-0.2, -0.15) is 0 Å². The SMILES string of the molecule is CC.CCCCN(C)Cc1ccc(C(=O)NCCCNCc2cccc(CC)c2)s1.Cc1cc(F)cc(F)c1.Cl. The lowest BCUT2D eigenvalue weighted by Gasteiger charge is -2.14. The Balaban J connectivity index is 0.00000107. The number of nitrogens with one attached hydrogen (secondary N) is 2. The van der Waals surface area contributed by atoms with Crippen LogP contribution in [0.15, 0.2) is 54.6 Å². The van der Waals surface area contributed by atoms with Gasteiger partial charge < -0.3 is 15.5 Å². The molecule has 0 unspecified atom stereocenters. The largest absolute Gasteiger partial charge is 0.351 e. The summed E-state index contributed by atoms with van der Waals surface area (Å²) in [5, 5.41) is 6.49. The molecule has 8 heteroatoms. The third-order valence-corrected chi connectivity index (χ3v) is 6.82. The van der Waals surface area contributed by atoms with Crippen LogP contribution in [0.4, 0.5) is 8.78 Å². The number of nitrogens with zero attached hydrogens (tertiary/aromatic N) is 1. The highest BCUT2D eigenvalue weighted by atomic mass is 35.5. The van der Waals surface area contributed by atoms with Crippen molar-refractivity contribution in [2.45, 2.75) is 73.4 Å². The zero-order valence-electron chi connectivity index (χ0n) is 25.0. The van der Waals surface area contributed by atoms with Crippen LogP contribution in [0, 0.1) is 18.6 Å². The molecule has 3 rings (SSSR count). The van der Waals surface area contributed by atoms with Crippen molar-refractivity contribution in [1.82, 2.24) is 15.5 Å². The Bertz CT molecular complexity index is 1040. The summed E-state index contributed by atoms with van der Waals surface area (Å²) in [5.74, 6) is -0.997. The van der Waals surface area contributed by atoms with Gasteiger partial charge in [0.2, 0.25) is 0 Å². The average molecular weight is 596 g/mol. The standard InChI is InChI=1S/C23H35N3OS.C7H6F2.C2H6.ClH/c1-4-6-15-26(3)18-21-11-12-22(28-21)23(27)25-14-8-13-24-17-20-10-7-9-19(5-2)16-20;1-5-2-6(8)4-7(9)3-5;1-2;/h7,9-12,16,24H,4-6,8,13-15,17-18H2,1-3H3,(H,25,27);2-4H,1H3;1-2H3;1H. The molecule has 0 bridgehead atoms. The maximum absolute atomic E-state index is 12.3. The molecular weight excluding hydrogens is 548 g/mol. The second-order valence-corrected chi connectivity index (χ2v) is 10.4. The molecule has 1 heterocycles. The van der Waals surface area contributed by atoms with Crippen LogP contribution in [-0.4, -0.2) is 37.5 Å². The van der Waals surface area contributed by atoms with Gasteiger partial charge in [0, 0.05) is 30.6 Å². The molecule has 0 fully saturated rings. The summed E-state index contributed by atoms with van der Waals surface area (Å²) >= 11 is 1.60. The lowest BCUT2D eigenvalue weighted by Crippen LogP contribution is -2.26. The van der Waals surface area contributed by atoms with Crippen LogP contribution in [0.25, 0.3) is 0 Å². The number of benzene rings is 2. The number of rotatable bonds is 13. The minimum absolute atomic E-state index is 0. The first-order valence-electron chi connectivity index (χ1n) is 14.1. The predicted octanol–water partition coefficient (Wildman–Crippen LogP) is 8.17. The smallest absolute Gasteiger partial charge is 0.261 e. The van der Waals surface area contributed by atoms with E-state index in [0.717, 1.165) is 50.0 Å². The molecule has 224 valence electrons. The Hall–Kier alpha value is -2.32. The maximum Gasteiger partial charge on any atom is 0.261 e. The van der Waals surface area contributed by atoms with Crippen LogP contribution >= 0.6 is 23.7 Å². The topological polar surface area (TPSA) is 44.4 Å². The van der Waals surface area contributed by atoms with E-state index in [1.54, 1.807) is 18.3 Å². The van der Waals surface area contributed by atoms with E-state index in [1.807, 2.05) is 19.9 Å². The Kier molecular flexibility index (Phi) is 21.1. The van der Waals surface area contributed by atoms with Crippen molar-refractivity contribution in [3.05, 3.63) is 92.7 Å². The van der Waals surface area contributed by atoms with E-state index in [2.05, 4.69) is 66.8 Å². The van der Waals surface area contributed by atoms with Crippen molar-refractivity contribution in [3.8, 4) is 0 Å². The fourth-order valence-electron chi connectivity index (χ4n) is 3.74. The van der Waals surface area contributed by atoms with Crippen LogP contribution in [0.1, 0.15) is 78.2 Å². The highest BCUT2D eigenvalue weighted by molar-refractivity contribution is 7.14. The number of hydrogen-bond acceptors (Lipinski definition) is 4. The summed E-state index contributed by atoms with van der Waals surface area (Å²) in [6.07, 6.45) is 4.42. The number of amides is 1. The van der Waals surface area contributed by atoms with E-state index in [0.29, 0.717) is 12.1 Å². The summed E-state index contributed by atoms with van der Waals surface area (Å²) in [6, 6.07) is 16.1. The Labute approximate surface area is 251 Å². The van der Waals surface area contributed by atoms with Crippen molar-refractivity contribution >= 4 is 29.7 Å². The number of thiophene rings is 1.